The van der Waals surface area contributed by atoms with Gasteiger partial charge in [0.15, 0.2) is 0 Å². The summed E-state index contributed by atoms with van der Waals surface area (Å²) >= 11 is 5.89. The Morgan fingerprint density at radius 2 is 1.70 bits per heavy atom. The number of benzene rings is 1. The molecule has 1 atom stereocenters. The number of amides is 2. The zero-order chi connectivity index (χ0) is 18.8. The normalized spacial score (nSPS) is 21.1. The van der Waals surface area contributed by atoms with Crippen molar-refractivity contribution in [2.75, 3.05) is 22.9 Å². The molecule has 8 heteroatoms. The van der Waals surface area contributed by atoms with Crippen LogP contribution in [0.15, 0.2) is 42.7 Å². The van der Waals surface area contributed by atoms with E-state index < -0.39 is 6.04 Å². The predicted molar refractivity (Wildman–Crippen MR) is 103 cm³/mol. The summed E-state index contributed by atoms with van der Waals surface area (Å²) in [5, 5.41) is 3.95. The first kappa shape index (κ1) is 17.9. The quantitative estimate of drug-likeness (QED) is 0.811. The Labute approximate surface area is 162 Å². The minimum atomic E-state index is -0.474. The third kappa shape index (κ3) is 3.79. The molecule has 1 N–H and O–H groups in total. The third-order valence-corrected chi connectivity index (χ3v) is 5.25. The number of piperidine rings is 1. The van der Waals surface area contributed by atoms with E-state index in [0.29, 0.717) is 10.7 Å². The van der Waals surface area contributed by atoms with Crippen LogP contribution in [0, 0.1) is 0 Å². The summed E-state index contributed by atoms with van der Waals surface area (Å²) in [5.41, 5.74) is 0.565. The summed E-state index contributed by atoms with van der Waals surface area (Å²) in [7, 11) is 0. The molecule has 2 amide bonds. The Bertz CT molecular complexity index is 822. The Balaban J connectivity index is 1.36. The Hall–Kier alpha value is -2.51. The van der Waals surface area contributed by atoms with Gasteiger partial charge in [-0.1, -0.05) is 11.6 Å². The van der Waals surface area contributed by atoms with Crippen LogP contribution in [-0.4, -0.2) is 47.0 Å². The molecule has 1 aromatic heterocycles. The van der Waals surface area contributed by atoms with Gasteiger partial charge >= 0.3 is 0 Å². The number of carbonyl (C=O) groups is 2. The number of anilines is 2. The van der Waals surface area contributed by atoms with Crippen LogP contribution in [0.1, 0.15) is 19.3 Å². The summed E-state index contributed by atoms with van der Waals surface area (Å²) in [6.07, 6.45) is 5.40. The van der Waals surface area contributed by atoms with Gasteiger partial charge in [0.25, 0.3) is 5.91 Å². The van der Waals surface area contributed by atoms with Crippen molar-refractivity contribution in [3.63, 3.8) is 0 Å². The maximum atomic E-state index is 12.7. The van der Waals surface area contributed by atoms with Gasteiger partial charge in [-0.25, -0.2) is 14.9 Å². The molecule has 2 aromatic rings. The van der Waals surface area contributed by atoms with Gasteiger partial charge in [0.05, 0.1) is 18.2 Å². The standard InChI is InChI=1S/C19H20ClN5O2/c20-13-2-4-15(5-3-13)25-17(26)12-16(18(25)27)23-14-6-10-24(11-7-14)19-21-8-1-9-22-19/h1-5,8-9,14,16,23H,6-7,10-12H2. The number of rotatable bonds is 4. The van der Waals surface area contributed by atoms with Gasteiger partial charge in [-0.05, 0) is 43.2 Å². The van der Waals surface area contributed by atoms with Crippen molar-refractivity contribution in [1.29, 1.82) is 0 Å². The fourth-order valence-corrected chi connectivity index (χ4v) is 3.73. The second-order valence-electron chi connectivity index (χ2n) is 6.78. The summed E-state index contributed by atoms with van der Waals surface area (Å²) < 4.78 is 0. The highest BCUT2D eigenvalue weighted by molar-refractivity contribution is 6.30. The number of carbonyl (C=O) groups excluding carboxylic acids is 2. The van der Waals surface area contributed by atoms with Crippen molar-refractivity contribution >= 4 is 35.1 Å². The molecule has 2 saturated heterocycles. The van der Waals surface area contributed by atoms with Crippen LogP contribution >= 0.6 is 11.6 Å². The molecule has 2 aliphatic rings. The maximum Gasteiger partial charge on any atom is 0.251 e. The molecule has 140 valence electrons. The number of halogens is 1. The molecule has 7 nitrogen and oxygen atoms in total. The second kappa shape index (κ2) is 7.62. The number of imide groups is 1. The largest absolute Gasteiger partial charge is 0.341 e. The van der Waals surface area contributed by atoms with Gasteiger partial charge in [0.2, 0.25) is 11.9 Å². The number of hydrogen-bond donors (Lipinski definition) is 1. The first-order valence-electron chi connectivity index (χ1n) is 9.02. The van der Waals surface area contributed by atoms with Gasteiger partial charge in [-0.3, -0.25) is 9.59 Å². The topological polar surface area (TPSA) is 78.4 Å². The second-order valence-corrected chi connectivity index (χ2v) is 7.21. The first-order valence-corrected chi connectivity index (χ1v) is 9.40. The van der Waals surface area contributed by atoms with Crippen molar-refractivity contribution < 1.29 is 9.59 Å². The Kier molecular flexibility index (Phi) is 5.05. The molecule has 0 radical (unpaired) electrons. The average Bonchev–Trinajstić information content (AvgIpc) is 2.97. The fraction of sp³-hybridized carbons (Fsp3) is 0.368. The molecule has 4 rings (SSSR count). The van der Waals surface area contributed by atoms with E-state index in [0.717, 1.165) is 31.9 Å². The lowest BCUT2D eigenvalue weighted by Gasteiger charge is -2.33. The summed E-state index contributed by atoms with van der Waals surface area (Å²) in [4.78, 5) is 37.1. The predicted octanol–water partition coefficient (Wildman–Crippen LogP) is 2.02. The van der Waals surface area contributed by atoms with Gasteiger partial charge in [0, 0.05) is 36.5 Å². The Morgan fingerprint density at radius 3 is 2.37 bits per heavy atom. The number of nitrogens with one attached hydrogen (secondary N) is 1. The van der Waals surface area contributed by atoms with Crippen molar-refractivity contribution in [3.05, 3.63) is 47.7 Å². The molecule has 27 heavy (non-hydrogen) atoms. The molecule has 0 saturated carbocycles. The number of nitrogens with zero attached hydrogens (tertiary/aromatic N) is 4. The van der Waals surface area contributed by atoms with E-state index >= 15 is 0 Å². The molecule has 0 spiro atoms. The number of hydrogen-bond acceptors (Lipinski definition) is 6. The van der Waals surface area contributed by atoms with Crippen LogP contribution in [0.25, 0.3) is 0 Å². The fourth-order valence-electron chi connectivity index (χ4n) is 3.61. The minimum absolute atomic E-state index is 0.184. The highest BCUT2D eigenvalue weighted by Crippen LogP contribution is 2.25. The van der Waals surface area contributed by atoms with Gasteiger partial charge < -0.3 is 10.2 Å². The molecule has 1 aromatic carbocycles. The molecule has 0 bridgehead atoms. The highest BCUT2D eigenvalue weighted by atomic mass is 35.5. The lowest BCUT2D eigenvalue weighted by molar-refractivity contribution is -0.121. The van der Waals surface area contributed by atoms with Crippen LogP contribution < -0.4 is 15.1 Å². The van der Waals surface area contributed by atoms with Gasteiger partial charge in [-0.2, -0.15) is 0 Å². The van der Waals surface area contributed by atoms with Gasteiger partial charge in [0.1, 0.15) is 0 Å². The highest BCUT2D eigenvalue weighted by Gasteiger charge is 2.40. The minimum Gasteiger partial charge on any atom is -0.341 e. The van der Waals surface area contributed by atoms with E-state index in [1.165, 1.54) is 4.90 Å². The Morgan fingerprint density at radius 1 is 1.04 bits per heavy atom. The molecular formula is C19H20ClN5O2. The SMILES string of the molecule is O=C1CC(NC2CCN(c3ncccn3)CC2)C(=O)N1c1ccc(Cl)cc1. The lowest BCUT2D eigenvalue weighted by atomic mass is 10.0. The average molecular weight is 386 g/mol. The molecule has 2 aliphatic heterocycles. The van der Waals surface area contributed by atoms with E-state index in [1.54, 1.807) is 42.7 Å². The van der Waals surface area contributed by atoms with E-state index in [9.17, 15) is 9.59 Å². The molecular weight excluding hydrogens is 366 g/mol. The maximum absolute atomic E-state index is 12.7. The smallest absolute Gasteiger partial charge is 0.251 e. The van der Waals surface area contributed by atoms with Crippen molar-refractivity contribution in [2.45, 2.75) is 31.3 Å². The molecule has 0 aliphatic carbocycles. The van der Waals surface area contributed by atoms with Crippen LogP contribution in [0.4, 0.5) is 11.6 Å². The summed E-state index contributed by atoms with van der Waals surface area (Å²) in [5.74, 6) is 0.350. The summed E-state index contributed by atoms with van der Waals surface area (Å²) in [6, 6.07) is 8.26. The summed E-state index contributed by atoms with van der Waals surface area (Å²) in [6.45, 7) is 1.63. The van der Waals surface area contributed by atoms with Crippen LogP contribution in [0.5, 0.6) is 0 Å². The van der Waals surface area contributed by atoms with E-state index in [4.69, 9.17) is 11.6 Å². The van der Waals surface area contributed by atoms with Crippen LogP contribution in [0.2, 0.25) is 5.02 Å². The van der Waals surface area contributed by atoms with Crippen molar-refractivity contribution in [2.24, 2.45) is 0 Å². The first-order chi connectivity index (χ1) is 13.1. The third-order valence-electron chi connectivity index (χ3n) is 5.00. The zero-order valence-electron chi connectivity index (χ0n) is 14.7. The van der Waals surface area contributed by atoms with Gasteiger partial charge in [-0.15, -0.1) is 0 Å². The molecule has 2 fully saturated rings. The van der Waals surface area contributed by atoms with E-state index in [1.807, 2.05) is 0 Å². The molecule has 3 heterocycles. The van der Waals surface area contributed by atoms with E-state index in [2.05, 4.69) is 20.2 Å². The van der Waals surface area contributed by atoms with Crippen molar-refractivity contribution in [1.82, 2.24) is 15.3 Å². The van der Waals surface area contributed by atoms with Crippen molar-refractivity contribution in [3.8, 4) is 0 Å². The monoisotopic (exact) mass is 385 g/mol. The molecule has 1 unspecified atom stereocenters. The lowest BCUT2D eigenvalue weighted by Crippen LogP contribution is -2.49. The number of aromatic nitrogens is 2. The van der Waals surface area contributed by atoms with Crippen LogP contribution in [-0.2, 0) is 9.59 Å². The van der Waals surface area contributed by atoms with E-state index in [-0.39, 0.29) is 24.3 Å². The van der Waals surface area contributed by atoms with Crippen LogP contribution in [0.3, 0.4) is 0 Å². The zero-order valence-corrected chi connectivity index (χ0v) is 15.5.